The fourth-order valence-electron chi connectivity index (χ4n) is 3.36. The number of aryl methyl sites for hydroxylation is 1. The number of benzene rings is 2. The van der Waals surface area contributed by atoms with Gasteiger partial charge in [0.05, 0.1) is 35.6 Å². The van der Waals surface area contributed by atoms with Crippen LogP contribution in [0.4, 0.5) is 16.2 Å². The minimum Gasteiger partial charge on any atom is -0.481 e. The summed E-state index contributed by atoms with van der Waals surface area (Å²) >= 11 is 0. The zero-order valence-electron chi connectivity index (χ0n) is 18.7. The predicted octanol–water partition coefficient (Wildman–Crippen LogP) is 4.61. The molecule has 3 N–H and O–H groups in total. The summed E-state index contributed by atoms with van der Waals surface area (Å²) in [4.78, 5) is 22.7. The van der Waals surface area contributed by atoms with Gasteiger partial charge in [-0.25, -0.2) is 9.31 Å². The molecule has 2 aromatic heterocycles. The van der Waals surface area contributed by atoms with Gasteiger partial charge < -0.3 is 25.2 Å². The van der Waals surface area contributed by atoms with E-state index in [4.69, 9.17) is 14.6 Å². The Morgan fingerprint density at radius 3 is 2.51 bits per heavy atom. The molecule has 4 rings (SSSR count). The van der Waals surface area contributed by atoms with E-state index in [1.165, 1.54) is 16.9 Å². The Labute approximate surface area is 200 Å². The molecule has 0 aliphatic rings. The Bertz CT molecular complexity index is 1410. The first-order valence-electron chi connectivity index (χ1n) is 10.6. The lowest BCUT2D eigenvalue weighted by atomic mass is 10.1. The highest BCUT2D eigenvalue weighted by molar-refractivity contribution is 5.86. The first-order chi connectivity index (χ1) is 16.9. The zero-order valence-corrected chi connectivity index (χ0v) is 18.7. The number of nitriles is 1. The van der Waals surface area contributed by atoms with Crippen LogP contribution in [0.3, 0.4) is 0 Å². The molecule has 2 aromatic carbocycles. The number of aliphatic carboxylic acids is 1. The lowest BCUT2D eigenvalue weighted by molar-refractivity contribution is -0.136. The van der Waals surface area contributed by atoms with Gasteiger partial charge in [0.25, 0.3) is 0 Å². The molecular weight excluding hydrogens is 450 g/mol. The van der Waals surface area contributed by atoms with Gasteiger partial charge in [0.15, 0.2) is 5.75 Å². The standard InChI is InChI=1S/C25H21N5O5/c1-16-21(35-25(33)27-12-11-22(31)32)15-30-24(16)23(17(13-26)14-28-30)29-18-7-9-20(10-8-18)34-19-5-3-2-4-6-19/h2-10,14-15,29H,11-12H2,1H3,(H,27,33)(H,31,32). The molecule has 0 bridgehead atoms. The largest absolute Gasteiger partial charge is 0.481 e. The van der Waals surface area contributed by atoms with Crippen LogP contribution in [0.5, 0.6) is 17.2 Å². The molecule has 176 valence electrons. The molecule has 0 atom stereocenters. The summed E-state index contributed by atoms with van der Waals surface area (Å²) in [6.45, 7) is 1.67. The molecule has 0 saturated carbocycles. The first-order valence-corrected chi connectivity index (χ1v) is 10.6. The van der Waals surface area contributed by atoms with Crippen molar-refractivity contribution in [2.45, 2.75) is 13.3 Å². The van der Waals surface area contributed by atoms with E-state index < -0.39 is 12.1 Å². The van der Waals surface area contributed by atoms with Gasteiger partial charge in [0, 0.05) is 17.8 Å². The topological polar surface area (TPSA) is 138 Å². The maximum Gasteiger partial charge on any atom is 0.412 e. The van der Waals surface area contributed by atoms with E-state index in [1.807, 2.05) is 42.5 Å². The first kappa shape index (κ1) is 23.1. The monoisotopic (exact) mass is 471 g/mol. The number of anilines is 2. The zero-order chi connectivity index (χ0) is 24.8. The third-order valence-corrected chi connectivity index (χ3v) is 5.04. The molecule has 2 heterocycles. The highest BCUT2D eigenvalue weighted by Crippen LogP contribution is 2.34. The SMILES string of the molecule is Cc1c(OC(=O)NCCC(=O)O)cn2ncc(C#N)c(Nc3ccc(Oc4ccccc4)cc3)c12. The van der Waals surface area contributed by atoms with E-state index in [1.54, 1.807) is 19.1 Å². The molecule has 0 saturated heterocycles. The maximum absolute atomic E-state index is 12.0. The number of carboxylic acids is 1. The van der Waals surface area contributed by atoms with Crippen LogP contribution in [-0.2, 0) is 4.79 Å². The Kier molecular flexibility index (Phi) is 6.78. The van der Waals surface area contributed by atoms with Crippen molar-refractivity contribution >= 4 is 29.0 Å². The van der Waals surface area contributed by atoms with Crippen LogP contribution in [0.1, 0.15) is 17.5 Å². The van der Waals surface area contributed by atoms with E-state index in [9.17, 15) is 14.9 Å². The van der Waals surface area contributed by atoms with Crippen LogP contribution in [0.2, 0.25) is 0 Å². The number of ether oxygens (including phenoxy) is 2. The maximum atomic E-state index is 12.0. The van der Waals surface area contributed by atoms with Crippen molar-refractivity contribution in [1.82, 2.24) is 14.9 Å². The number of hydrogen-bond acceptors (Lipinski definition) is 7. The third-order valence-electron chi connectivity index (χ3n) is 5.04. The summed E-state index contributed by atoms with van der Waals surface area (Å²) in [5.74, 6) is 0.583. The highest BCUT2D eigenvalue weighted by Gasteiger charge is 2.18. The van der Waals surface area contributed by atoms with E-state index in [0.717, 1.165) is 5.75 Å². The van der Waals surface area contributed by atoms with Gasteiger partial charge in [-0.2, -0.15) is 10.4 Å². The molecule has 10 nitrogen and oxygen atoms in total. The van der Waals surface area contributed by atoms with Gasteiger partial charge in [-0.15, -0.1) is 0 Å². The summed E-state index contributed by atoms with van der Waals surface area (Å²) in [5.41, 5.74) is 2.65. The van der Waals surface area contributed by atoms with Crippen molar-refractivity contribution < 1.29 is 24.2 Å². The number of nitrogens with one attached hydrogen (secondary N) is 2. The second kappa shape index (κ2) is 10.3. The molecule has 10 heteroatoms. The average molecular weight is 471 g/mol. The number of para-hydroxylation sites is 1. The fraction of sp³-hybridized carbons (Fsp3) is 0.120. The fourth-order valence-corrected chi connectivity index (χ4v) is 3.36. The predicted molar refractivity (Wildman–Crippen MR) is 127 cm³/mol. The summed E-state index contributed by atoms with van der Waals surface area (Å²) in [5, 5.41) is 28.2. The van der Waals surface area contributed by atoms with Crippen LogP contribution < -0.4 is 20.1 Å². The highest BCUT2D eigenvalue weighted by atomic mass is 16.6. The number of nitrogens with zero attached hydrogens (tertiary/aromatic N) is 3. The third kappa shape index (κ3) is 5.48. The second-order valence-electron chi connectivity index (χ2n) is 7.48. The summed E-state index contributed by atoms with van der Waals surface area (Å²) < 4.78 is 12.7. The van der Waals surface area contributed by atoms with Crippen LogP contribution >= 0.6 is 0 Å². The number of rotatable bonds is 8. The summed E-state index contributed by atoms with van der Waals surface area (Å²) in [7, 11) is 0. The van der Waals surface area contributed by atoms with Crippen LogP contribution in [0.25, 0.3) is 5.52 Å². The Morgan fingerprint density at radius 2 is 1.83 bits per heavy atom. The number of carbonyl (C=O) groups excluding carboxylic acids is 1. The van der Waals surface area contributed by atoms with Crippen LogP contribution in [0.15, 0.2) is 67.0 Å². The van der Waals surface area contributed by atoms with Crippen molar-refractivity contribution in [1.29, 1.82) is 5.26 Å². The number of amides is 1. The van der Waals surface area contributed by atoms with Crippen molar-refractivity contribution in [3.8, 4) is 23.3 Å². The molecular formula is C25H21N5O5. The lowest BCUT2D eigenvalue weighted by Crippen LogP contribution is -2.28. The average Bonchev–Trinajstić information content (AvgIpc) is 3.16. The van der Waals surface area contributed by atoms with Crippen molar-refractivity contribution in [3.05, 3.63) is 78.1 Å². The number of fused-ring (bicyclic) bond motifs is 1. The van der Waals surface area contributed by atoms with Gasteiger partial charge in [0.1, 0.15) is 17.6 Å². The Hall–Kier alpha value is -5.04. The molecule has 0 aliphatic carbocycles. The molecule has 0 aliphatic heterocycles. The quantitative estimate of drug-likeness (QED) is 0.339. The minimum absolute atomic E-state index is 0.0613. The molecule has 4 aromatic rings. The molecule has 0 radical (unpaired) electrons. The molecule has 35 heavy (non-hydrogen) atoms. The number of aromatic nitrogens is 2. The molecule has 0 unspecified atom stereocenters. The number of carbonyl (C=O) groups is 2. The van der Waals surface area contributed by atoms with Gasteiger partial charge in [0.2, 0.25) is 0 Å². The normalized spacial score (nSPS) is 10.4. The van der Waals surface area contributed by atoms with Crippen LogP contribution in [-0.4, -0.2) is 33.3 Å². The van der Waals surface area contributed by atoms with E-state index in [2.05, 4.69) is 21.8 Å². The van der Waals surface area contributed by atoms with Gasteiger partial charge in [-0.1, -0.05) is 18.2 Å². The Balaban J connectivity index is 1.56. The van der Waals surface area contributed by atoms with E-state index in [0.29, 0.717) is 33.8 Å². The molecule has 1 amide bonds. The minimum atomic E-state index is -1.03. The molecule has 0 spiro atoms. The Morgan fingerprint density at radius 1 is 1.11 bits per heavy atom. The van der Waals surface area contributed by atoms with E-state index in [-0.39, 0.29) is 18.7 Å². The van der Waals surface area contributed by atoms with Crippen molar-refractivity contribution in [2.75, 3.05) is 11.9 Å². The smallest absolute Gasteiger partial charge is 0.412 e. The van der Waals surface area contributed by atoms with Crippen molar-refractivity contribution in [3.63, 3.8) is 0 Å². The van der Waals surface area contributed by atoms with Crippen LogP contribution in [0, 0.1) is 18.3 Å². The molecule has 0 fully saturated rings. The van der Waals surface area contributed by atoms with Gasteiger partial charge in [-0.3, -0.25) is 4.79 Å². The number of hydrogen-bond donors (Lipinski definition) is 3. The number of carboxylic acid groups (broad SMARTS) is 1. The lowest BCUT2D eigenvalue weighted by Gasteiger charge is -2.12. The van der Waals surface area contributed by atoms with E-state index >= 15 is 0 Å². The van der Waals surface area contributed by atoms with Crippen molar-refractivity contribution in [2.24, 2.45) is 0 Å². The summed E-state index contributed by atoms with van der Waals surface area (Å²) in [6.07, 6.45) is 1.93. The van der Waals surface area contributed by atoms with Gasteiger partial charge >= 0.3 is 12.1 Å². The summed E-state index contributed by atoms with van der Waals surface area (Å²) in [6, 6.07) is 18.8. The second-order valence-corrected chi connectivity index (χ2v) is 7.48. The van der Waals surface area contributed by atoms with Gasteiger partial charge in [-0.05, 0) is 43.3 Å².